The third-order valence-electron chi connectivity index (χ3n) is 3.81. The van der Waals surface area contributed by atoms with Gasteiger partial charge in [-0.15, -0.1) is 12.4 Å². The molecule has 3 N–H and O–H groups in total. The highest BCUT2D eigenvalue weighted by Gasteiger charge is 2.25. The molecule has 2 amide bonds. The van der Waals surface area contributed by atoms with Crippen molar-refractivity contribution >= 4 is 24.2 Å². The molecule has 1 heterocycles. The summed E-state index contributed by atoms with van der Waals surface area (Å²) in [6, 6.07) is 0.136. The number of carbonyl (C=O) groups excluding carboxylic acids is 2. The van der Waals surface area contributed by atoms with Crippen molar-refractivity contribution in [3.05, 3.63) is 0 Å². The van der Waals surface area contributed by atoms with Gasteiger partial charge in [0.1, 0.15) is 0 Å². The average Bonchev–Trinajstić information content (AvgIpc) is 2.37. The molecule has 1 saturated heterocycles. The van der Waals surface area contributed by atoms with E-state index < -0.39 is 0 Å². The number of piperidine rings is 1. The normalized spacial score (nSPS) is 19.9. The lowest BCUT2D eigenvalue weighted by atomic mass is 9.92. The van der Waals surface area contributed by atoms with E-state index in [0.29, 0.717) is 31.2 Å². The maximum absolute atomic E-state index is 12.1. The summed E-state index contributed by atoms with van der Waals surface area (Å²) in [7, 11) is 0. The first kappa shape index (κ1) is 20.2. The van der Waals surface area contributed by atoms with Crippen LogP contribution in [0.2, 0.25) is 0 Å². The second-order valence-corrected chi connectivity index (χ2v) is 6.30. The molecule has 6 heteroatoms. The number of halogens is 1. The quantitative estimate of drug-likeness (QED) is 0.780. The van der Waals surface area contributed by atoms with Crippen LogP contribution in [0.3, 0.4) is 0 Å². The van der Waals surface area contributed by atoms with E-state index in [9.17, 15) is 9.59 Å². The monoisotopic (exact) mass is 319 g/mol. The molecule has 21 heavy (non-hydrogen) atoms. The van der Waals surface area contributed by atoms with E-state index in [4.69, 9.17) is 5.73 Å². The molecule has 1 rings (SSSR count). The van der Waals surface area contributed by atoms with Gasteiger partial charge in [-0.25, -0.2) is 0 Å². The molecule has 0 aromatic carbocycles. The first-order valence-corrected chi connectivity index (χ1v) is 7.70. The first-order chi connectivity index (χ1) is 9.40. The number of amides is 2. The molecule has 0 bridgehead atoms. The molecule has 1 aliphatic rings. The largest absolute Gasteiger partial charge is 0.356 e. The lowest BCUT2D eigenvalue weighted by molar-refractivity contribution is -0.133. The molecule has 1 fully saturated rings. The summed E-state index contributed by atoms with van der Waals surface area (Å²) in [5, 5.41) is 2.81. The Morgan fingerprint density at radius 1 is 1.33 bits per heavy atom. The minimum Gasteiger partial charge on any atom is -0.356 e. The Morgan fingerprint density at radius 2 is 2.00 bits per heavy atom. The van der Waals surface area contributed by atoms with E-state index in [1.165, 1.54) is 0 Å². The van der Waals surface area contributed by atoms with Crippen molar-refractivity contribution in [2.45, 2.75) is 52.5 Å². The van der Waals surface area contributed by atoms with Gasteiger partial charge in [0, 0.05) is 38.5 Å². The number of hydrogen-bond donors (Lipinski definition) is 2. The molecular formula is C15H30ClN3O2. The zero-order valence-corrected chi connectivity index (χ0v) is 14.2. The van der Waals surface area contributed by atoms with Gasteiger partial charge in [0.2, 0.25) is 11.8 Å². The zero-order valence-electron chi connectivity index (χ0n) is 13.4. The maximum atomic E-state index is 12.1. The number of likely N-dealkylation sites (tertiary alicyclic amines) is 1. The van der Waals surface area contributed by atoms with Gasteiger partial charge >= 0.3 is 0 Å². The average molecular weight is 320 g/mol. The Labute approximate surface area is 134 Å². The van der Waals surface area contributed by atoms with Crippen molar-refractivity contribution < 1.29 is 9.59 Å². The Balaban J connectivity index is 0.00000400. The predicted octanol–water partition coefficient (Wildman–Crippen LogP) is 1.55. The summed E-state index contributed by atoms with van der Waals surface area (Å²) in [4.78, 5) is 25.5. The lowest BCUT2D eigenvalue weighted by Crippen LogP contribution is -2.45. The van der Waals surface area contributed by atoms with Crippen LogP contribution in [0.15, 0.2) is 0 Å². The van der Waals surface area contributed by atoms with Crippen molar-refractivity contribution in [1.82, 2.24) is 10.2 Å². The van der Waals surface area contributed by atoms with Crippen LogP contribution in [0.4, 0.5) is 0 Å². The smallest absolute Gasteiger partial charge is 0.224 e. The summed E-state index contributed by atoms with van der Waals surface area (Å²) in [6.07, 6.45) is 3.03. The molecule has 0 spiro atoms. The summed E-state index contributed by atoms with van der Waals surface area (Å²) < 4.78 is 0. The molecule has 124 valence electrons. The summed E-state index contributed by atoms with van der Waals surface area (Å²) in [6.45, 7) is 8.03. The number of nitrogens with two attached hydrogens (primary N) is 1. The fourth-order valence-electron chi connectivity index (χ4n) is 2.58. The molecule has 5 nitrogen and oxygen atoms in total. The summed E-state index contributed by atoms with van der Waals surface area (Å²) in [5.41, 5.74) is 5.92. The molecule has 2 atom stereocenters. The highest BCUT2D eigenvalue weighted by molar-refractivity contribution is 5.85. The highest BCUT2D eigenvalue weighted by Crippen LogP contribution is 2.19. The van der Waals surface area contributed by atoms with E-state index in [1.54, 1.807) is 0 Å². The minimum atomic E-state index is 0. The van der Waals surface area contributed by atoms with E-state index >= 15 is 0 Å². The highest BCUT2D eigenvalue weighted by atomic mass is 35.5. The molecule has 0 saturated carbocycles. The second-order valence-electron chi connectivity index (χ2n) is 6.30. The van der Waals surface area contributed by atoms with Gasteiger partial charge in [-0.3, -0.25) is 9.59 Å². The number of nitrogens with zero attached hydrogens (tertiary/aromatic N) is 1. The number of carbonyl (C=O) groups is 2. The topological polar surface area (TPSA) is 75.4 Å². The van der Waals surface area contributed by atoms with Crippen LogP contribution in [-0.4, -0.2) is 42.4 Å². The molecule has 0 radical (unpaired) electrons. The zero-order chi connectivity index (χ0) is 15.1. The third-order valence-corrected chi connectivity index (χ3v) is 3.81. The molecule has 0 aromatic rings. The number of nitrogens with one attached hydrogen (secondary N) is 1. The first-order valence-electron chi connectivity index (χ1n) is 7.70. The summed E-state index contributed by atoms with van der Waals surface area (Å²) >= 11 is 0. The molecule has 1 aliphatic heterocycles. The molecular weight excluding hydrogens is 290 g/mol. The van der Waals surface area contributed by atoms with Crippen LogP contribution in [-0.2, 0) is 9.59 Å². The van der Waals surface area contributed by atoms with Gasteiger partial charge in [-0.2, -0.15) is 0 Å². The lowest BCUT2D eigenvalue weighted by Gasteiger charge is -2.34. The molecule has 2 unspecified atom stereocenters. The SMILES string of the molecule is CC(C)CC(=O)NCCC(=O)N1CCCC(C(C)N)C1.Cl. The maximum Gasteiger partial charge on any atom is 0.224 e. The van der Waals surface area contributed by atoms with Crippen LogP contribution < -0.4 is 11.1 Å². The Morgan fingerprint density at radius 3 is 2.57 bits per heavy atom. The third kappa shape index (κ3) is 7.67. The van der Waals surface area contributed by atoms with Gasteiger partial charge in [0.25, 0.3) is 0 Å². The fourth-order valence-corrected chi connectivity index (χ4v) is 2.58. The van der Waals surface area contributed by atoms with Crippen LogP contribution >= 0.6 is 12.4 Å². The summed E-state index contributed by atoms with van der Waals surface area (Å²) in [5.74, 6) is 0.905. The number of hydrogen-bond acceptors (Lipinski definition) is 3. The van der Waals surface area contributed by atoms with Gasteiger partial charge in [0.05, 0.1) is 0 Å². The van der Waals surface area contributed by atoms with Gasteiger partial charge in [0.15, 0.2) is 0 Å². The van der Waals surface area contributed by atoms with Crippen molar-refractivity contribution in [2.75, 3.05) is 19.6 Å². The van der Waals surface area contributed by atoms with Crippen molar-refractivity contribution in [2.24, 2.45) is 17.6 Å². The Hall–Kier alpha value is -0.810. The van der Waals surface area contributed by atoms with Gasteiger partial charge < -0.3 is 16.0 Å². The molecule has 0 aromatic heterocycles. The van der Waals surface area contributed by atoms with Gasteiger partial charge in [-0.05, 0) is 31.6 Å². The van der Waals surface area contributed by atoms with E-state index in [0.717, 1.165) is 25.9 Å². The minimum absolute atomic E-state index is 0. The van der Waals surface area contributed by atoms with E-state index in [1.807, 2.05) is 25.7 Å². The van der Waals surface area contributed by atoms with Crippen LogP contribution in [0.5, 0.6) is 0 Å². The van der Waals surface area contributed by atoms with Crippen LogP contribution in [0.1, 0.15) is 46.5 Å². The van der Waals surface area contributed by atoms with Crippen molar-refractivity contribution in [3.63, 3.8) is 0 Å². The van der Waals surface area contributed by atoms with E-state index in [-0.39, 0.29) is 30.3 Å². The fraction of sp³-hybridized carbons (Fsp3) is 0.867. The molecule has 0 aliphatic carbocycles. The predicted molar refractivity (Wildman–Crippen MR) is 87.3 cm³/mol. The number of rotatable bonds is 6. The van der Waals surface area contributed by atoms with Gasteiger partial charge in [-0.1, -0.05) is 13.8 Å². The Kier molecular flexibility index (Phi) is 9.62. The van der Waals surface area contributed by atoms with Crippen molar-refractivity contribution in [3.8, 4) is 0 Å². The van der Waals surface area contributed by atoms with Crippen LogP contribution in [0, 0.1) is 11.8 Å². The van der Waals surface area contributed by atoms with E-state index in [2.05, 4.69) is 5.32 Å². The van der Waals surface area contributed by atoms with Crippen molar-refractivity contribution in [1.29, 1.82) is 0 Å². The van der Waals surface area contributed by atoms with Crippen LogP contribution in [0.25, 0.3) is 0 Å². The Bertz CT molecular complexity index is 335. The second kappa shape index (κ2) is 10.0. The standard InChI is InChI=1S/C15H29N3O2.ClH/c1-11(2)9-14(19)17-7-6-15(20)18-8-4-5-13(10-18)12(3)16;/h11-13H,4-10,16H2,1-3H3,(H,17,19);1H.